The third-order valence-corrected chi connectivity index (χ3v) is 6.13. The van der Waals surface area contributed by atoms with Gasteiger partial charge in [-0.15, -0.1) is 0 Å². The second-order valence-corrected chi connectivity index (χ2v) is 8.65. The molecule has 0 bridgehead atoms. The SMILES string of the molecule is CC(O)/C=C/[C@@]1(O)C(C)(C)CCC[C@@]1(C)O[C@@H]1O[C@H](CO)[C@@H](O)[C@@H](O)[C@H]1O. The summed E-state index contributed by atoms with van der Waals surface area (Å²) in [5.41, 5.74) is -3.29. The fourth-order valence-electron chi connectivity index (χ4n) is 4.21. The molecule has 0 radical (unpaired) electrons. The van der Waals surface area contributed by atoms with Gasteiger partial charge < -0.3 is 40.1 Å². The molecule has 2 fully saturated rings. The Bertz CT molecular complexity index is 534. The predicted molar refractivity (Wildman–Crippen MR) is 96.7 cm³/mol. The topological polar surface area (TPSA) is 140 Å². The van der Waals surface area contributed by atoms with E-state index >= 15 is 0 Å². The molecular weight excluding hydrogens is 356 g/mol. The first-order valence-corrected chi connectivity index (χ1v) is 9.47. The molecule has 2 rings (SSSR count). The molecule has 8 atom stereocenters. The van der Waals surface area contributed by atoms with E-state index in [4.69, 9.17) is 9.47 Å². The smallest absolute Gasteiger partial charge is 0.187 e. The van der Waals surface area contributed by atoms with Crippen LogP contribution in [0.4, 0.5) is 0 Å². The van der Waals surface area contributed by atoms with Gasteiger partial charge in [-0.25, -0.2) is 0 Å². The summed E-state index contributed by atoms with van der Waals surface area (Å²) < 4.78 is 11.5. The highest BCUT2D eigenvalue weighted by Crippen LogP contribution is 2.52. The maximum Gasteiger partial charge on any atom is 0.187 e. The van der Waals surface area contributed by atoms with Crippen molar-refractivity contribution >= 4 is 0 Å². The van der Waals surface area contributed by atoms with Crippen molar-refractivity contribution in [1.82, 2.24) is 0 Å². The van der Waals surface area contributed by atoms with Gasteiger partial charge in [0.15, 0.2) is 6.29 Å². The molecule has 0 aromatic rings. The predicted octanol–water partition coefficient (Wildman–Crippen LogP) is -0.560. The van der Waals surface area contributed by atoms with Crippen LogP contribution in [0.3, 0.4) is 0 Å². The summed E-state index contributed by atoms with van der Waals surface area (Å²) >= 11 is 0. The first kappa shape index (κ1) is 22.7. The van der Waals surface area contributed by atoms with E-state index in [1.165, 1.54) is 12.2 Å². The molecule has 8 nitrogen and oxygen atoms in total. The minimum Gasteiger partial charge on any atom is -0.394 e. The van der Waals surface area contributed by atoms with Crippen molar-refractivity contribution in [1.29, 1.82) is 0 Å². The fourth-order valence-corrected chi connectivity index (χ4v) is 4.21. The first-order chi connectivity index (χ1) is 12.4. The molecule has 27 heavy (non-hydrogen) atoms. The lowest BCUT2D eigenvalue weighted by molar-refractivity contribution is -0.352. The molecular formula is C19H34O8. The molecule has 0 aromatic carbocycles. The van der Waals surface area contributed by atoms with E-state index in [-0.39, 0.29) is 0 Å². The van der Waals surface area contributed by atoms with Crippen molar-refractivity contribution < 1.29 is 40.1 Å². The van der Waals surface area contributed by atoms with Crippen molar-refractivity contribution in [2.24, 2.45) is 5.41 Å². The number of aliphatic hydroxyl groups is 6. The minimum absolute atomic E-state index is 0.450. The Labute approximate surface area is 160 Å². The average molecular weight is 390 g/mol. The molecule has 1 heterocycles. The number of rotatable bonds is 5. The Morgan fingerprint density at radius 3 is 2.30 bits per heavy atom. The van der Waals surface area contributed by atoms with Gasteiger partial charge in [0, 0.05) is 0 Å². The lowest BCUT2D eigenvalue weighted by Gasteiger charge is -2.57. The molecule has 0 amide bonds. The summed E-state index contributed by atoms with van der Waals surface area (Å²) in [5, 5.41) is 60.9. The van der Waals surface area contributed by atoms with Crippen LogP contribution in [0.1, 0.15) is 47.0 Å². The number of aliphatic hydroxyl groups excluding tert-OH is 5. The summed E-state index contributed by atoms with van der Waals surface area (Å²) in [5.74, 6) is 0. The highest BCUT2D eigenvalue weighted by molar-refractivity contribution is 5.21. The van der Waals surface area contributed by atoms with Crippen molar-refractivity contribution in [3.63, 3.8) is 0 Å². The maximum absolute atomic E-state index is 11.6. The van der Waals surface area contributed by atoms with Gasteiger partial charge >= 0.3 is 0 Å². The highest BCUT2D eigenvalue weighted by Gasteiger charge is 2.60. The normalized spacial score (nSPS) is 46.5. The lowest BCUT2D eigenvalue weighted by atomic mass is 9.58. The standard InChI is InChI=1S/C19H34O8/c1-11(21)6-9-19(25)17(2,3)7-5-8-18(19,4)27-16-15(24)14(23)13(22)12(10-20)26-16/h6,9,11-16,20-25H,5,7-8,10H2,1-4H3/b9-6+/t11?,12-,13-,14-,15-,16+,18-,19-/m1/s1. The molecule has 1 unspecified atom stereocenters. The van der Waals surface area contributed by atoms with E-state index in [1.54, 1.807) is 13.8 Å². The third-order valence-electron chi connectivity index (χ3n) is 6.13. The summed E-state index contributed by atoms with van der Waals surface area (Å²) in [4.78, 5) is 0. The second-order valence-electron chi connectivity index (χ2n) is 8.65. The van der Waals surface area contributed by atoms with Crippen LogP contribution >= 0.6 is 0 Å². The molecule has 2 aliphatic rings. The zero-order valence-electron chi connectivity index (χ0n) is 16.4. The lowest BCUT2D eigenvalue weighted by Crippen LogP contribution is -2.67. The van der Waals surface area contributed by atoms with E-state index < -0.39 is 60.0 Å². The van der Waals surface area contributed by atoms with E-state index in [1.807, 2.05) is 13.8 Å². The average Bonchev–Trinajstić information content (AvgIpc) is 2.58. The summed E-state index contributed by atoms with van der Waals surface area (Å²) in [6.07, 6.45) is -2.82. The van der Waals surface area contributed by atoms with Crippen molar-refractivity contribution in [3.8, 4) is 0 Å². The van der Waals surface area contributed by atoms with Crippen molar-refractivity contribution in [3.05, 3.63) is 12.2 Å². The third kappa shape index (κ3) is 4.09. The Hall–Kier alpha value is -0.580. The zero-order valence-corrected chi connectivity index (χ0v) is 16.4. The summed E-state index contributed by atoms with van der Waals surface area (Å²) in [7, 11) is 0. The van der Waals surface area contributed by atoms with Crippen LogP contribution in [-0.2, 0) is 9.47 Å². The van der Waals surface area contributed by atoms with E-state index in [2.05, 4.69) is 0 Å². The number of hydrogen-bond acceptors (Lipinski definition) is 8. The van der Waals surface area contributed by atoms with Crippen LogP contribution in [0.25, 0.3) is 0 Å². The quantitative estimate of drug-likeness (QED) is 0.343. The van der Waals surface area contributed by atoms with E-state index in [0.29, 0.717) is 6.42 Å². The molecule has 1 aliphatic carbocycles. The number of ether oxygens (including phenoxy) is 2. The first-order valence-electron chi connectivity index (χ1n) is 9.47. The molecule has 1 saturated carbocycles. The zero-order chi connectivity index (χ0) is 20.6. The molecule has 0 aromatic heterocycles. The Kier molecular flexibility index (Phi) is 6.76. The second kappa shape index (κ2) is 8.04. The minimum atomic E-state index is -1.55. The van der Waals surface area contributed by atoms with Crippen LogP contribution in [0.5, 0.6) is 0 Å². The van der Waals surface area contributed by atoms with Crippen LogP contribution in [-0.4, -0.2) is 85.3 Å². The Balaban J connectivity index is 2.35. The van der Waals surface area contributed by atoms with Gasteiger partial charge in [-0.3, -0.25) is 0 Å². The summed E-state index contributed by atoms with van der Waals surface area (Å²) in [6.45, 7) is 6.51. The van der Waals surface area contributed by atoms with Gasteiger partial charge in [0.2, 0.25) is 0 Å². The molecule has 6 N–H and O–H groups in total. The van der Waals surface area contributed by atoms with Crippen molar-refractivity contribution in [2.75, 3.05) is 6.61 Å². The fraction of sp³-hybridized carbons (Fsp3) is 0.895. The molecule has 158 valence electrons. The van der Waals surface area contributed by atoms with Gasteiger partial charge in [-0.1, -0.05) is 26.0 Å². The summed E-state index contributed by atoms with van der Waals surface area (Å²) in [6, 6.07) is 0. The molecule has 1 aliphatic heterocycles. The van der Waals surface area contributed by atoms with Crippen LogP contribution in [0.2, 0.25) is 0 Å². The largest absolute Gasteiger partial charge is 0.394 e. The van der Waals surface area contributed by atoms with Crippen molar-refractivity contribution in [2.45, 2.75) is 95.0 Å². The highest BCUT2D eigenvalue weighted by atomic mass is 16.7. The van der Waals surface area contributed by atoms with Crippen LogP contribution in [0, 0.1) is 5.41 Å². The van der Waals surface area contributed by atoms with Gasteiger partial charge in [-0.2, -0.15) is 0 Å². The van der Waals surface area contributed by atoms with Crippen LogP contribution < -0.4 is 0 Å². The van der Waals surface area contributed by atoms with Gasteiger partial charge in [0.05, 0.1) is 12.7 Å². The van der Waals surface area contributed by atoms with Gasteiger partial charge in [0.25, 0.3) is 0 Å². The Morgan fingerprint density at radius 2 is 1.74 bits per heavy atom. The monoisotopic (exact) mass is 390 g/mol. The van der Waals surface area contributed by atoms with Gasteiger partial charge in [-0.05, 0) is 38.5 Å². The number of hydrogen-bond donors (Lipinski definition) is 6. The van der Waals surface area contributed by atoms with Gasteiger partial charge in [0.1, 0.15) is 35.6 Å². The Morgan fingerprint density at radius 1 is 1.11 bits per heavy atom. The maximum atomic E-state index is 11.6. The van der Waals surface area contributed by atoms with E-state index in [0.717, 1.165) is 12.8 Å². The molecule has 0 spiro atoms. The molecule has 8 heteroatoms. The molecule has 1 saturated heterocycles. The van der Waals surface area contributed by atoms with E-state index in [9.17, 15) is 30.6 Å². The van der Waals surface area contributed by atoms with Crippen LogP contribution in [0.15, 0.2) is 12.2 Å².